The number of aliphatic hydroxyl groups is 3. The van der Waals surface area contributed by atoms with Crippen LogP contribution in [0.15, 0.2) is 115 Å². The van der Waals surface area contributed by atoms with Crippen LogP contribution in [0.3, 0.4) is 0 Å². The Morgan fingerprint density at radius 1 is 0.571 bits per heavy atom. The predicted molar refractivity (Wildman–Crippen MR) is 336 cm³/mol. The van der Waals surface area contributed by atoms with Crippen LogP contribution in [-0.2, 0) is 60.7 Å². The maximum atomic E-state index is 16.1. The van der Waals surface area contributed by atoms with Crippen molar-refractivity contribution in [3.63, 3.8) is 0 Å². The topological polar surface area (TPSA) is 469 Å². The van der Waals surface area contributed by atoms with Crippen LogP contribution in [0.1, 0.15) is 76.1 Å². The highest BCUT2D eigenvalue weighted by Crippen LogP contribution is 2.49. The van der Waals surface area contributed by atoms with E-state index in [0.717, 1.165) is 73.7 Å². The van der Waals surface area contributed by atoms with Gasteiger partial charge in [0.2, 0.25) is 47.1 Å². The number of ether oxygens (including phenoxy) is 5. The molecule has 508 valence electrons. The first-order chi connectivity index (χ1) is 46.7. The lowest BCUT2D eigenvalue weighted by Crippen LogP contribution is -2.65. The van der Waals surface area contributed by atoms with Gasteiger partial charge in [0.1, 0.15) is 101 Å². The van der Waals surface area contributed by atoms with E-state index in [1.807, 2.05) is 0 Å². The summed E-state index contributed by atoms with van der Waals surface area (Å²) in [5.41, 5.74) is -2.28. The van der Waals surface area contributed by atoms with E-state index >= 15 is 19.2 Å². The number of amides is 7. The first-order valence-corrected chi connectivity index (χ1v) is 30.6. The molecular formula is C66H57Cl2N7O23. The van der Waals surface area contributed by atoms with Gasteiger partial charge in [0, 0.05) is 42.2 Å². The normalized spacial score (nSPS) is 24.6. The molecule has 7 aliphatic rings. The summed E-state index contributed by atoms with van der Waals surface area (Å²) in [6.45, 7) is 0.0303. The number of phenolic OH excluding ortho intramolecular Hbond substituents is 6. The van der Waals surface area contributed by atoms with E-state index in [1.54, 1.807) is 0 Å². The minimum absolute atomic E-state index is 0.150. The highest BCUT2D eigenvalue weighted by atomic mass is 35.5. The van der Waals surface area contributed by atoms with Crippen LogP contribution < -0.4 is 51.4 Å². The molecule has 7 amide bonds. The molecule has 0 saturated carbocycles. The Balaban J connectivity index is 1.10. The molecule has 0 radical (unpaired) electrons. The lowest BCUT2D eigenvalue weighted by atomic mass is 9.89. The van der Waals surface area contributed by atoms with E-state index in [4.69, 9.17) is 46.9 Å². The van der Waals surface area contributed by atoms with Gasteiger partial charge in [0.05, 0.1) is 23.1 Å². The summed E-state index contributed by atoms with van der Waals surface area (Å²) >= 11 is 14.0. The van der Waals surface area contributed by atoms with Gasteiger partial charge >= 0.3 is 5.97 Å². The summed E-state index contributed by atoms with van der Waals surface area (Å²) < 4.78 is 31.1. The van der Waals surface area contributed by atoms with Crippen molar-refractivity contribution in [2.24, 2.45) is 0 Å². The number of hydrogen-bond acceptors (Lipinski definition) is 22. The van der Waals surface area contributed by atoms with Gasteiger partial charge in [-0.3, -0.25) is 33.6 Å². The third-order valence-electron chi connectivity index (χ3n) is 16.7. The van der Waals surface area contributed by atoms with Gasteiger partial charge in [-0.15, -0.1) is 0 Å². The second-order valence-electron chi connectivity index (χ2n) is 23.5. The predicted octanol–water partition coefficient (Wildman–Crippen LogP) is 3.50. The lowest BCUT2D eigenvalue weighted by molar-refractivity contribution is -0.284. The summed E-state index contributed by atoms with van der Waals surface area (Å²) in [7, 11) is 0. The van der Waals surface area contributed by atoms with Crippen molar-refractivity contribution in [1.82, 2.24) is 37.2 Å². The molecule has 12 atom stereocenters. The highest BCUT2D eigenvalue weighted by Gasteiger charge is 2.49. The van der Waals surface area contributed by atoms with E-state index in [2.05, 4.69) is 37.2 Å². The summed E-state index contributed by atoms with van der Waals surface area (Å²) in [6.07, 6.45) is -10.5. The molecule has 7 heterocycles. The standard InChI is InChI=1S/C66H57Cl2N7O23/c1-24(77)69-54-58(86)57(85)47(23-76)97-66(54)98-59-28-5-9-43(37(68)17-28)96-46-19-30-18-45(56(46)84)95-42-8-3-25(10-36(42)67)11-38-60(87)71-51(29-14-31(78)20-33(15-29)94-44-12-26(2-6-40(44)81)13-48(83)70-38)62(89)73-52(30)63(90)72-50-27-4-7-39(80)34(16-27)49-35(21-32(79)22-41(49)82)53(65(92)93)74-64(91)55(59)75-61(50)88/h2-10,12,14-22,38,47,50-55,57-59,66,76,78-82,84-86H,11,13,23H2,1H3,(H,69,77)(H,70,83)(H,71,87)(H,72,90)(H,73,89)(H,74,91)(H,75,88)(H,92,93)/t38-,47+,50-,51+,52-,53+,54+,55+,57-,58-,59-,66+/m1/s1. The molecule has 0 unspecified atom stereocenters. The first kappa shape index (κ1) is 66.9. The van der Waals surface area contributed by atoms with Crippen LogP contribution in [0, 0.1) is 0 Å². The molecule has 17 bridgehead atoms. The number of aliphatic carboxylic acids is 1. The van der Waals surface area contributed by atoms with Crippen molar-refractivity contribution in [2.75, 3.05) is 6.61 Å². The molecule has 0 spiro atoms. The summed E-state index contributed by atoms with van der Waals surface area (Å²) in [5, 5.41) is 130. The minimum atomic E-state index is -2.38. The molecule has 0 aliphatic carbocycles. The number of phenols is 6. The van der Waals surface area contributed by atoms with Crippen molar-refractivity contribution in [3.8, 4) is 80.1 Å². The Bertz CT molecular complexity index is 4480. The molecule has 14 rings (SSSR count). The number of fused-ring (bicyclic) bond motifs is 14. The summed E-state index contributed by atoms with van der Waals surface area (Å²) in [5.74, 6) is -16.4. The third-order valence-corrected chi connectivity index (χ3v) is 17.3. The molecule has 7 aromatic carbocycles. The molecular weight excluding hydrogens is 1330 g/mol. The molecule has 1 saturated heterocycles. The fraction of sp³-hybridized carbons (Fsp3) is 0.242. The number of carbonyl (C=O) groups excluding carboxylic acids is 7. The van der Waals surface area contributed by atoms with Crippen LogP contribution in [0.25, 0.3) is 11.1 Å². The Morgan fingerprint density at radius 2 is 1.18 bits per heavy atom. The van der Waals surface area contributed by atoms with Gasteiger partial charge in [-0.25, -0.2) is 4.79 Å². The number of aliphatic hydroxyl groups excluding tert-OH is 3. The van der Waals surface area contributed by atoms with Gasteiger partial charge in [0.25, 0.3) is 0 Å². The van der Waals surface area contributed by atoms with Gasteiger partial charge in [0.15, 0.2) is 35.3 Å². The largest absolute Gasteiger partial charge is 0.508 e. The van der Waals surface area contributed by atoms with Crippen LogP contribution in [0.2, 0.25) is 10.0 Å². The van der Waals surface area contributed by atoms with Gasteiger partial charge in [-0.2, -0.15) is 0 Å². The first-order valence-electron chi connectivity index (χ1n) is 29.8. The number of benzene rings is 7. The van der Waals surface area contributed by atoms with Crippen LogP contribution >= 0.6 is 23.2 Å². The van der Waals surface area contributed by atoms with Crippen molar-refractivity contribution >= 4 is 70.5 Å². The van der Waals surface area contributed by atoms with Crippen LogP contribution in [0.4, 0.5) is 0 Å². The maximum absolute atomic E-state index is 16.1. The summed E-state index contributed by atoms with van der Waals surface area (Å²) in [6, 6.07) is 7.18. The van der Waals surface area contributed by atoms with Crippen molar-refractivity contribution in [1.29, 1.82) is 0 Å². The molecule has 30 nitrogen and oxygen atoms in total. The average molecular weight is 1390 g/mol. The lowest BCUT2D eigenvalue weighted by Gasteiger charge is -2.44. The number of rotatable bonds is 5. The van der Waals surface area contributed by atoms with Crippen LogP contribution in [0.5, 0.6) is 69.0 Å². The van der Waals surface area contributed by atoms with Gasteiger partial charge < -0.3 is 112 Å². The van der Waals surface area contributed by atoms with E-state index < -0.39 is 195 Å². The van der Waals surface area contributed by atoms with Gasteiger partial charge in [-0.1, -0.05) is 47.5 Å². The van der Waals surface area contributed by atoms with Crippen molar-refractivity contribution in [3.05, 3.63) is 164 Å². The van der Waals surface area contributed by atoms with Crippen LogP contribution in [-0.4, -0.2) is 148 Å². The zero-order valence-corrected chi connectivity index (χ0v) is 52.1. The molecule has 98 heavy (non-hydrogen) atoms. The minimum Gasteiger partial charge on any atom is -0.508 e. The highest BCUT2D eigenvalue weighted by molar-refractivity contribution is 6.32. The van der Waals surface area contributed by atoms with Crippen molar-refractivity contribution in [2.45, 2.75) is 92.8 Å². The Morgan fingerprint density at radius 3 is 1.85 bits per heavy atom. The SMILES string of the molecule is CC(=O)N[C@@H]1[C@H](O[C@@H]2c3ccc(c(Cl)c3)Oc3cc4cc(c3O)Oc3ccc(cc3Cl)C[C@H]3NC(=O)Cc5ccc(O)c(c5)Oc5cc(O)cc(c5)[C@H](NC3=O)C(=O)N[C@H]4C(=O)N[C@H]3C(=O)N[C@@H]2C(=O)N[C@H](C(=O)O)c2cc(O)cc(O)c2-c2cc3ccc2O)O[C@@H](CO)[C@@H](O)[C@@H]1O. The molecule has 1 fully saturated rings. The Labute approximate surface area is 562 Å². The van der Waals surface area contributed by atoms with E-state index in [-0.39, 0.29) is 63.1 Å². The van der Waals surface area contributed by atoms with Crippen molar-refractivity contribution < 1.29 is 113 Å². The number of carboxylic acids is 1. The summed E-state index contributed by atoms with van der Waals surface area (Å²) in [4.78, 5) is 119. The molecule has 7 aromatic rings. The molecule has 0 aromatic heterocycles. The third kappa shape index (κ3) is 13.4. The smallest absolute Gasteiger partial charge is 0.330 e. The number of nitrogens with one attached hydrogen (secondary N) is 7. The van der Waals surface area contributed by atoms with E-state index in [0.29, 0.717) is 11.1 Å². The zero-order valence-electron chi connectivity index (χ0n) is 50.6. The monoisotopic (exact) mass is 1390 g/mol. The number of aromatic hydroxyl groups is 6. The quantitative estimate of drug-likeness (QED) is 0.117. The van der Waals surface area contributed by atoms with E-state index in [1.165, 1.54) is 48.5 Å². The number of carbonyl (C=O) groups is 8. The second kappa shape index (κ2) is 26.8. The maximum Gasteiger partial charge on any atom is 0.330 e. The number of carboxylic acid groups (broad SMARTS) is 1. The average Bonchev–Trinajstić information content (AvgIpc) is 0.767. The molecule has 17 N–H and O–H groups in total. The van der Waals surface area contributed by atoms with Gasteiger partial charge in [-0.05, 0) is 112 Å². The Hall–Kier alpha value is -11.1. The fourth-order valence-electron chi connectivity index (χ4n) is 12.1. The van der Waals surface area contributed by atoms with E-state index in [9.17, 15) is 70.2 Å². The molecule has 7 aliphatic heterocycles. The number of halogens is 2. The number of hydrogen-bond donors (Lipinski definition) is 17. The molecule has 32 heteroatoms. The fourth-order valence-corrected chi connectivity index (χ4v) is 12.5. The zero-order chi connectivity index (χ0) is 69.9. The second-order valence-corrected chi connectivity index (χ2v) is 24.3. The Kier molecular flexibility index (Phi) is 18.3.